The lowest BCUT2D eigenvalue weighted by molar-refractivity contribution is -0.298. The molecule has 0 spiro atoms. The van der Waals surface area contributed by atoms with Crippen molar-refractivity contribution in [1.29, 1.82) is 0 Å². The van der Waals surface area contributed by atoms with Crippen LogP contribution in [-0.4, -0.2) is 117 Å². The minimum atomic E-state index is -1.22. The van der Waals surface area contributed by atoms with Crippen molar-refractivity contribution >= 4 is 17.9 Å². The quantitative estimate of drug-likeness (QED) is 0.125. The molecule has 0 radical (unpaired) electrons. The van der Waals surface area contributed by atoms with Crippen LogP contribution in [0.15, 0.2) is 53.8 Å². The Morgan fingerprint density at radius 2 is 1.85 bits per heavy atom. The molecule has 0 aliphatic carbocycles. The molecule has 0 aromatic heterocycles. The smallest absolute Gasteiger partial charge is 0.340 e. The van der Waals surface area contributed by atoms with Gasteiger partial charge < -0.3 is 48.5 Å². The van der Waals surface area contributed by atoms with Crippen molar-refractivity contribution in [2.45, 2.75) is 116 Å². The highest BCUT2D eigenvalue weighted by Crippen LogP contribution is 2.41. The van der Waals surface area contributed by atoms with E-state index >= 15 is 0 Å². The molecule has 1 aromatic carbocycles. The van der Waals surface area contributed by atoms with Crippen LogP contribution < -0.4 is 5.32 Å². The van der Waals surface area contributed by atoms with Gasteiger partial charge in [0.15, 0.2) is 12.4 Å². The maximum Gasteiger partial charge on any atom is 0.340 e. The second-order valence-electron chi connectivity index (χ2n) is 14.7. The lowest BCUT2D eigenvalue weighted by atomic mass is 9.80. The largest absolute Gasteiger partial charge is 0.463 e. The minimum Gasteiger partial charge on any atom is -0.463 e. The Labute approximate surface area is 308 Å². The lowest BCUT2D eigenvalue weighted by Gasteiger charge is -2.48. The SMILES string of the molecule is CCOC(=O)/C=C/C(CO)NC[C@H](C)CC(C)(OC)[C@H](OC1OC(C)CC(N(C)C)C1OC(=O)c1ccccc1)[C@@H](C)C1=C(C)C(=O)OC(C)(C)O1. The molecule has 52 heavy (non-hydrogen) atoms. The van der Waals surface area contributed by atoms with Gasteiger partial charge in [-0.2, -0.15) is 0 Å². The second-order valence-corrected chi connectivity index (χ2v) is 14.7. The Hall–Kier alpha value is -3.33. The summed E-state index contributed by atoms with van der Waals surface area (Å²) in [6.45, 7) is 15.0. The predicted molar refractivity (Wildman–Crippen MR) is 194 cm³/mol. The van der Waals surface area contributed by atoms with E-state index in [0.717, 1.165) is 0 Å². The van der Waals surface area contributed by atoms with Crippen LogP contribution in [0.4, 0.5) is 0 Å². The van der Waals surface area contributed by atoms with Gasteiger partial charge in [0.25, 0.3) is 0 Å². The van der Waals surface area contributed by atoms with Gasteiger partial charge in [0, 0.05) is 39.0 Å². The number of methoxy groups -OCH3 is 1. The lowest BCUT2D eigenvalue weighted by Crippen LogP contribution is -2.59. The predicted octanol–water partition coefficient (Wildman–Crippen LogP) is 4.38. The van der Waals surface area contributed by atoms with E-state index in [9.17, 15) is 19.5 Å². The Morgan fingerprint density at radius 1 is 1.17 bits per heavy atom. The molecule has 13 nitrogen and oxygen atoms in total. The van der Waals surface area contributed by atoms with E-state index in [1.165, 1.54) is 6.08 Å². The van der Waals surface area contributed by atoms with Gasteiger partial charge in [-0.3, -0.25) is 0 Å². The number of cyclic esters (lactones) is 1. The zero-order chi connectivity index (χ0) is 38.8. The normalized spacial score (nSPS) is 25.4. The summed E-state index contributed by atoms with van der Waals surface area (Å²) in [5.41, 5.74) is -0.311. The Bertz CT molecular complexity index is 1400. The van der Waals surface area contributed by atoms with Crippen LogP contribution in [0.3, 0.4) is 0 Å². The van der Waals surface area contributed by atoms with Gasteiger partial charge >= 0.3 is 17.9 Å². The number of aliphatic hydroxyl groups excluding tert-OH is 1. The van der Waals surface area contributed by atoms with Crippen molar-refractivity contribution < 1.29 is 52.6 Å². The number of carbonyl (C=O) groups excluding carboxylic acids is 3. The molecular formula is C39H60N2O11. The van der Waals surface area contributed by atoms with Crippen LogP contribution >= 0.6 is 0 Å². The molecule has 0 bridgehead atoms. The molecule has 1 aromatic rings. The molecule has 2 heterocycles. The molecule has 292 valence electrons. The molecule has 1 saturated heterocycles. The molecule has 9 atom stereocenters. The fraction of sp³-hybridized carbons (Fsp3) is 0.667. The molecular weight excluding hydrogens is 672 g/mol. The summed E-state index contributed by atoms with van der Waals surface area (Å²) in [4.78, 5) is 40.4. The first-order chi connectivity index (χ1) is 24.4. The number of benzene rings is 1. The topological polar surface area (TPSA) is 151 Å². The van der Waals surface area contributed by atoms with E-state index in [0.29, 0.717) is 36.3 Å². The van der Waals surface area contributed by atoms with Gasteiger partial charge in [-0.15, -0.1) is 0 Å². The molecule has 13 heteroatoms. The third-order valence-electron chi connectivity index (χ3n) is 9.52. The molecule has 2 N–H and O–H groups in total. The van der Waals surface area contributed by atoms with Gasteiger partial charge in [-0.05, 0) is 79.2 Å². The average Bonchev–Trinajstić information content (AvgIpc) is 3.09. The van der Waals surface area contributed by atoms with Crippen LogP contribution in [0, 0.1) is 11.8 Å². The van der Waals surface area contributed by atoms with Crippen molar-refractivity contribution in [1.82, 2.24) is 10.2 Å². The zero-order valence-electron chi connectivity index (χ0n) is 32.7. The fourth-order valence-electron chi connectivity index (χ4n) is 6.81. The summed E-state index contributed by atoms with van der Waals surface area (Å²) in [6.07, 6.45) is 1.02. The molecule has 1 fully saturated rings. The summed E-state index contributed by atoms with van der Waals surface area (Å²) < 4.78 is 42.8. The van der Waals surface area contributed by atoms with Gasteiger partial charge in [-0.1, -0.05) is 38.1 Å². The van der Waals surface area contributed by atoms with Gasteiger partial charge in [0.1, 0.15) is 5.76 Å². The van der Waals surface area contributed by atoms with Crippen molar-refractivity contribution in [2.75, 3.05) is 41.0 Å². The summed E-state index contributed by atoms with van der Waals surface area (Å²) in [5.74, 6) is -2.93. The van der Waals surface area contributed by atoms with Crippen LogP contribution in [0.25, 0.3) is 0 Å². The third kappa shape index (κ3) is 11.6. The summed E-state index contributed by atoms with van der Waals surface area (Å²) in [5, 5.41) is 13.3. The molecule has 0 amide bonds. The van der Waals surface area contributed by atoms with Crippen LogP contribution in [0.5, 0.6) is 0 Å². The Balaban J connectivity index is 2.01. The summed E-state index contributed by atoms with van der Waals surface area (Å²) in [7, 11) is 5.45. The van der Waals surface area contributed by atoms with Crippen LogP contribution in [-0.2, 0) is 42.7 Å². The van der Waals surface area contributed by atoms with Crippen LogP contribution in [0.2, 0.25) is 0 Å². The van der Waals surface area contributed by atoms with E-state index in [2.05, 4.69) is 5.32 Å². The maximum absolute atomic E-state index is 13.5. The monoisotopic (exact) mass is 732 g/mol. The molecule has 0 saturated carbocycles. The first-order valence-corrected chi connectivity index (χ1v) is 18.1. The van der Waals surface area contributed by atoms with Crippen molar-refractivity contribution in [3.8, 4) is 0 Å². The second kappa shape index (κ2) is 19.1. The number of nitrogens with zero attached hydrogens (tertiary/aromatic N) is 1. The Kier molecular flexibility index (Phi) is 15.8. The summed E-state index contributed by atoms with van der Waals surface area (Å²) >= 11 is 0. The third-order valence-corrected chi connectivity index (χ3v) is 9.52. The molecule has 2 aliphatic heterocycles. The maximum atomic E-state index is 13.5. The number of ether oxygens (including phenoxy) is 7. The van der Waals surface area contributed by atoms with Gasteiger partial charge in [-0.25, -0.2) is 14.4 Å². The highest BCUT2D eigenvalue weighted by atomic mass is 16.7. The van der Waals surface area contributed by atoms with E-state index in [1.54, 1.807) is 65.1 Å². The van der Waals surface area contributed by atoms with Crippen molar-refractivity contribution in [2.24, 2.45) is 11.8 Å². The van der Waals surface area contributed by atoms with E-state index in [1.807, 2.05) is 52.8 Å². The number of hydrogen-bond acceptors (Lipinski definition) is 13. The molecule has 6 unspecified atom stereocenters. The van der Waals surface area contributed by atoms with Crippen LogP contribution in [0.1, 0.15) is 78.6 Å². The first-order valence-electron chi connectivity index (χ1n) is 18.1. The average molecular weight is 733 g/mol. The number of hydrogen-bond donors (Lipinski definition) is 2. The number of likely N-dealkylation sites (N-methyl/N-ethyl adjacent to an activating group) is 1. The van der Waals surface area contributed by atoms with E-state index in [-0.39, 0.29) is 31.3 Å². The molecule has 2 aliphatic rings. The number of carbonyl (C=O) groups is 3. The minimum absolute atomic E-state index is 0.0514. The number of esters is 3. The fourth-order valence-corrected chi connectivity index (χ4v) is 6.81. The number of nitrogens with one attached hydrogen (secondary N) is 1. The van der Waals surface area contributed by atoms with Gasteiger partial charge in [0.2, 0.25) is 5.79 Å². The number of aliphatic hydroxyl groups is 1. The summed E-state index contributed by atoms with van der Waals surface area (Å²) in [6, 6.07) is 8.05. The molecule has 3 rings (SSSR count). The highest BCUT2D eigenvalue weighted by molar-refractivity contribution is 5.90. The Morgan fingerprint density at radius 3 is 2.44 bits per heavy atom. The zero-order valence-corrected chi connectivity index (χ0v) is 32.7. The first kappa shape index (κ1) is 43.1. The highest BCUT2D eigenvalue weighted by Gasteiger charge is 2.50. The van der Waals surface area contributed by atoms with Crippen molar-refractivity contribution in [3.05, 3.63) is 59.4 Å². The van der Waals surface area contributed by atoms with Gasteiger partial charge in [0.05, 0.1) is 48.2 Å². The standard InChI is InChI=1S/C39H60N2O11/c1-12-47-31(43)19-18-29(23-42)40-22-24(2)21-39(8,46-11)34(26(4)32-27(5)35(44)52-38(6,7)51-32)50-37-33(30(41(9)10)20-25(3)48-37)49-36(45)28-16-14-13-15-17-28/h13-19,24-26,29-30,33-34,37,40,42H,12,20-23H2,1-11H3/b19-18+/t24-,25?,26+,29?,30?,33?,34-,37?,39?/m1/s1. The number of rotatable bonds is 18. The van der Waals surface area contributed by atoms with Crippen molar-refractivity contribution in [3.63, 3.8) is 0 Å². The van der Waals surface area contributed by atoms with E-state index < -0.39 is 59.8 Å². The van der Waals surface area contributed by atoms with E-state index in [4.69, 9.17) is 33.2 Å².